The van der Waals surface area contributed by atoms with Crippen LogP contribution < -0.4 is 0 Å². The van der Waals surface area contributed by atoms with Crippen LogP contribution >= 0.6 is 0 Å². The second-order valence-electron chi connectivity index (χ2n) is 7.76. The van der Waals surface area contributed by atoms with Gasteiger partial charge in [-0.1, -0.05) is 20.8 Å². The molecule has 0 aromatic carbocycles. The summed E-state index contributed by atoms with van der Waals surface area (Å²) >= 11 is 0. The summed E-state index contributed by atoms with van der Waals surface area (Å²) < 4.78 is 0. The van der Waals surface area contributed by atoms with Gasteiger partial charge in [-0.15, -0.1) is 0 Å². The molecule has 2 aliphatic rings. The predicted octanol–water partition coefficient (Wildman–Crippen LogP) is 1.96. The highest BCUT2D eigenvalue weighted by Crippen LogP contribution is 2.42. The normalized spacial score (nSPS) is 24.5. The molecule has 3 rings (SSSR count). The first kappa shape index (κ1) is 16.9. The molecule has 6 nitrogen and oxygen atoms in total. The number of carbonyl (C=O) groups excluding carboxylic acids is 2. The average Bonchev–Trinajstić information content (AvgIpc) is 3.23. The van der Waals surface area contributed by atoms with E-state index in [2.05, 4.69) is 9.97 Å². The fourth-order valence-corrected chi connectivity index (χ4v) is 3.79. The molecule has 24 heavy (non-hydrogen) atoms. The van der Waals surface area contributed by atoms with Gasteiger partial charge >= 0.3 is 0 Å². The monoisotopic (exact) mass is 330 g/mol. The van der Waals surface area contributed by atoms with Gasteiger partial charge in [0.15, 0.2) is 5.54 Å². The number of hydrogen-bond acceptors (Lipinski definition) is 4. The van der Waals surface area contributed by atoms with Gasteiger partial charge in [-0.05, 0) is 25.7 Å². The lowest BCUT2D eigenvalue weighted by atomic mass is 9.86. The Labute approximate surface area is 143 Å². The molecule has 0 spiro atoms. The van der Waals surface area contributed by atoms with Crippen LogP contribution in [-0.2, 0) is 15.1 Å². The van der Waals surface area contributed by atoms with Gasteiger partial charge < -0.3 is 9.80 Å². The lowest BCUT2D eigenvalue weighted by molar-refractivity contribution is -0.156. The van der Waals surface area contributed by atoms with E-state index >= 15 is 0 Å². The molecule has 130 valence electrons. The van der Waals surface area contributed by atoms with Crippen LogP contribution in [0, 0.1) is 5.41 Å². The molecule has 2 amide bonds. The van der Waals surface area contributed by atoms with Crippen molar-refractivity contribution in [3.8, 4) is 0 Å². The van der Waals surface area contributed by atoms with Crippen LogP contribution in [0.25, 0.3) is 0 Å². The van der Waals surface area contributed by atoms with Crippen LogP contribution in [0.2, 0.25) is 0 Å². The van der Waals surface area contributed by atoms with Gasteiger partial charge in [0, 0.05) is 37.4 Å². The summed E-state index contributed by atoms with van der Waals surface area (Å²) in [7, 11) is 0. The second-order valence-corrected chi connectivity index (χ2v) is 7.76. The fraction of sp³-hybridized carbons (Fsp3) is 0.667. The molecule has 3 heterocycles. The van der Waals surface area contributed by atoms with E-state index in [0.29, 0.717) is 18.7 Å². The summed E-state index contributed by atoms with van der Waals surface area (Å²) in [6.45, 7) is 7.81. The molecule has 2 fully saturated rings. The van der Waals surface area contributed by atoms with Crippen molar-refractivity contribution < 1.29 is 9.59 Å². The number of aromatic nitrogens is 2. The van der Waals surface area contributed by atoms with Gasteiger partial charge in [0.25, 0.3) is 5.91 Å². The summed E-state index contributed by atoms with van der Waals surface area (Å²) in [4.78, 5) is 38.8. The minimum absolute atomic E-state index is 0.00167. The van der Waals surface area contributed by atoms with Crippen LogP contribution in [0.15, 0.2) is 18.6 Å². The summed E-state index contributed by atoms with van der Waals surface area (Å²) in [5.74, 6) is 0.00815. The van der Waals surface area contributed by atoms with E-state index in [-0.39, 0.29) is 11.8 Å². The van der Waals surface area contributed by atoms with E-state index < -0.39 is 11.0 Å². The standard InChI is InChI=1S/C18H26N4O2/c1-17(2,3)15(23)22-12-6-7-18(22,14-13-19-8-9-20-14)16(24)21-10-4-5-11-21/h8-9,13H,4-7,10-12H2,1-3H3/t18-/m1/s1. The lowest BCUT2D eigenvalue weighted by Crippen LogP contribution is -2.58. The highest BCUT2D eigenvalue weighted by atomic mass is 16.2. The third kappa shape index (κ3) is 2.68. The Hall–Kier alpha value is -1.98. The molecule has 0 unspecified atom stereocenters. The van der Waals surface area contributed by atoms with Crippen molar-refractivity contribution in [1.29, 1.82) is 0 Å². The SMILES string of the molecule is CC(C)(C)C(=O)N1CCC[C@]1(C(=O)N1CCCC1)c1cnccn1. The molecular weight excluding hydrogens is 304 g/mol. The van der Waals surface area contributed by atoms with Crippen LogP contribution in [-0.4, -0.2) is 51.2 Å². The van der Waals surface area contributed by atoms with E-state index in [9.17, 15) is 9.59 Å². The molecule has 2 aliphatic heterocycles. The molecule has 0 radical (unpaired) electrons. The third-order valence-corrected chi connectivity index (χ3v) is 5.00. The third-order valence-electron chi connectivity index (χ3n) is 5.00. The summed E-state index contributed by atoms with van der Waals surface area (Å²) in [6, 6.07) is 0. The summed E-state index contributed by atoms with van der Waals surface area (Å²) in [5.41, 5.74) is -0.941. The minimum Gasteiger partial charge on any atom is -0.340 e. The van der Waals surface area contributed by atoms with Crippen molar-refractivity contribution in [3.63, 3.8) is 0 Å². The Morgan fingerprint density at radius 2 is 1.79 bits per heavy atom. The van der Waals surface area contributed by atoms with Crippen LogP contribution in [0.4, 0.5) is 0 Å². The first-order valence-corrected chi connectivity index (χ1v) is 8.75. The number of rotatable bonds is 2. The lowest BCUT2D eigenvalue weighted by Gasteiger charge is -2.41. The maximum absolute atomic E-state index is 13.5. The Balaban J connectivity index is 2.08. The minimum atomic E-state index is -0.997. The van der Waals surface area contributed by atoms with Crippen LogP contribution in [0.1, 0.15) is 52.1 Å². The first-order chi connectivity index (χ1) is 11.4. The Morgan fingerprint density at radius 3 is 2.38 bits per heavy atom. The number of carbonyl (C=O) groups is 2. The molecule has 0 aliphatic carbocycles. The zero-order valence-corrected chi connectivity index (χ0v) is 14.8. The fourth-order valence-electron chi connectivity index (χ4n) is 3.79. The van der Waals surface area contributed by atoms with Gasteiger partial charge in [-0.2, -0.15) is 0 Å². The van der Waals surface area contributed by atoms with Gasteiger partial charge in [-0.3, -0.25) is 19.6 Å². The topological polar surface area (TPSA) is 66.4 Å². The van der Waals surface area contributed by atoms with Crippen molar-refractivity contribution in [3.05, 3.63) is 24.3 Å². The van der Waals surface area contributed by atoms with Crippen LogP contribution in [0.5, 0.6) is 0 Å². The molecular formula is C18H26N4O2. The second kappa shape index (κ2) is 6.15. The van der Waals surface area contributed by atoms with Crippen molar-refractivity contribution in [1.82, 2.24) is 19.8 Å². The molecule has 2 saturated heterocycles. The molecule has 0 saturated carbocycles. The van der Waals surface area contributed by atoms with E-state index in [4.69, 9.17) is 0 Å². The van der Waals surface area contributed by atoms with E-state index in [0.717, 1.165) is 32.4 Å². The Bertz CT molecular complexity index is 620. The first-order valence-electron chi connectivity index (χ1n) is 8.75. The zero-order valence-electron chi connectivity index (χ0n) is 14.8. The molecule has 1 aromatic heterocycles. The van der Waals surface area contributed by atoms with E-state index in [1.807, 2.05) is 25.7 Å². The highest BCUT2D eigenvalue weighted by Gasteiger charge is 2.55. The van der Waals surface area contributed by atoms with Gasteiger partial charge in [0.2, 0.25) is 5.91 Å². The Morgan fingerprint density at radius 1 is 1.08 bits per heavy atom. The number of likely N-dealkylation sites (tertiary alicyclic amines) is 2. The maximum Gasteiger partial charge on any atom is 0.254 e. The molecule has 1 aromatic rings. The van der Waals surface area contributed by atoms with Crippen LogP contribution in [0.3, 0.4) is 0 Å². The largest absolute Gasteiger partial charge is 0.340 e. The van der Waals surface area contributed by atoms with Crippen molar-refractivity contribution >= 4 is 11.8 Å². The number of amides is 2. The average molecular weight is 330 g/mol. The highest BCUT2D eigenvalue weighted by molar-refractivity contribution is 5.94. The van der Waals surface area contributed by atoms with Gasteiger partial charge in [0.05, 0.1) is 11.9 Å². The summed E-state index contributed by atoms with van der Waals surface area (Å²) in [5, 5.41) is 0. The molecule has 6 heteroatoms. The number of nitrogens with zero attached hydrogens (tertiary/aromatic N) is 4. The Kier molecular flexibility index (Phi) is 4.32. The molecule has 0 bridgehead atoms. The van der Waals surface area contributed by atoms with E-state index in [1.54, 1.807) is 23.5 Å². The van der Waals surface area contributed by atoms with Crippen molar-refractivity contribution in [2.45, 2.75) is 52.0 Å². The zero-order chi connectivity index (χ0) is 17.4. The quantitative estimate of drug-likeness (QED) is 0.831. The summed E-state index contributed by atoms with van der Waals surface area (Å²) in [6.07, 6.45) is 8.31. The van der Waals surface area contributed by atoms with Gasteiger partial charge in [0.1, 0.15) is 0 Å². The van der Waals surface area contributed by atoms with Crippen molar-refractivity contribution in [2.75, 3.05) is 19.6 Å². The molecule has 0 N–H and O–H groups in total. The smallest absolute Gasteiger partial charge is 0.254 e. The molecule has 1 atom stereocenters. The van der Waals surface area contributed by atoms with E-state index in [1.165, 1.54) is 0 Å². The van der Waals surface area contributed by atoms with Gasteiger partial charge in [-0.25, -0.2) is 0 Å². The maximum atomic E-state index is 13.5. The number of hydrogen-bond donors (Lipinski definition) is 0. The predicted molar refractivity (Wildman–Crippen MR) is 89.9 cm³/mol. The van der Waals surface area contributed by atoms with Crippen molar-refractivity contribution in [2.24, 2.45) is 5.41 Å².